The van der Waals surface area contributed by atoms with Crippen LogP contribution >= 0.6 is 11.8 Å². The number of rotatable bonds is 8. The topological polar surface area (TPSA) is 81.0 Å². The van der Waals surface area contributed by atoms with Crippen molar-refractivity contribution < 1.29 is 4.92 Å². The maximum Gasteiger partial charge on any atom is 0.269 e. The molecule has 2 aromatic carbocycles. The Hall–Kier alpha value is -2.67. The minimum absolute atomic E-state index is 0.100. The molecular formula is C19H20N4O2S. The van der Waals surface area contributed by atoms with E-state index in [9.17, 15) is 10.1 Å². The number of aromatic nitrogens is 2. The molecule has 1 N–H and O–H groups in total. The van der Waals surface area contributed by atoms with Crippen LogP contribution < -0.4 is 5.32 Å². The maximum atomic E-state index is 10.7. The molecular weight excluding hydrogens is 348 g/mol. The number of fused-ring (bicyclic) bond motifs is 1. The third-order valence-electron chi connectivity index (χ3n) is 3.92. The van der Waals surface area contributed by atoms with Gasteiger partial charge in [-0.25, -0.2) is 9.97 Å². The highest BCUT2D eigenvalue weighted by Crippen LogP contribution is 2.27. The summed E-state index contributed by atoms with van der Waals surface area (Å²) in [5.74, 6) is 1.51. The van der Waals surface area contributed by atoms with Crippen molar-refractivity contribution in [3.05, 3.63) is 64.2 Å². The molecule has 7 heteroatoms. The molecule has 0 spiro atoms. The third kappa shape index (κ3) is 4.49. The number of nitrogens with zero attached hydrogens (tertiary/aromatic N) is 3. The molecule has 0 amide bonds. The molecule has 3 aromatic rings. The normalized spacial score (nSPS) is 10.8. The van der Waals surface area contributed by atoms with Gasteiger partial charge >= 0.3 is 0 Å². The van der Waals surface area contributed by atoms with Gasteiger partial charge in [-0.15, -0.1) is 0 Å². The fourth-order valence-corrected chi connectivity index (χ4v) is 3.31. The zero-order valence-electron chi connectivity index (χ0n) is 14.5. The lowest BCUT2D eigenvalue weighted by Crippen LogP contribution is -2.05. The summed E-state index contributed by atoms with van der Waals surface area (Å²) < 4.78 is 0. The van der Waals surface area contributed by atoms with Crippen molar-refractivity contribution in [3.8, 4) is 0 Å². The number of unbranched alkanes of at least 4 members (excludes halogenated alkanes) is 1. The fourth-order valence-electron chi connectivity index (χ4n) is 2.50. The number of nitro benzene ring substituents is 1. The SMILES string of the molecule is CCCCNc1nc(SCc2ccc([N+](=O)[O-])cc2)nc2ccccc12. The largest absolute Gasteiger partial charge is 0.369 e. The van der Waals surface area contributed by atoms with Gasteiger partial charge in [-0.3, -0.25) is 10.1 Å². The highest BCUT2D eigenvalue weighted by atomic mass is 32.2. The summed E-state index contributed by atoms with van der Waals surface area (Å²) in [6.45, 7) is 3.04. The quantitative estimate of drug-likeness (QED) is 0.197. The second kappa shape index (κ2) is 8.62. The summed E-state index contributed by atoms with van der Waals surface area (Å²) in [6.07, 6.45) is 2.21. The molecule has 0 atom stereocenters. The molecule has 134 valence electrons. The van der Waals surface area contributed by atoms with Gasteiger partial charge in [0.15, 0.2) is 5.16 Å². The van der Waals surface area contributed by atoms with E-state index in [1.165, 1.54) is 23.9 Å². The smallest absolute Gasteiger partial charge is 0.269 e. The van der Waals surface area contributed by atoms with E-state index in [4.69, 9.17) is 0 Å². The van der Waals surface area contributed by atoms with Gasteiger partial charge in [0.2, 0.25) is 0 Å². The van der Waals surface area contributed by atoms with Crippen LogP contribution in [0, 0.1) is 10.1 Å². The van der Waals surface area contributed by atoms with Gasteiger partial charge in [-0.05, 0) is 24.1 Å². The number of non-ortho nitro benzene ring substituents is 1. The first-order valence-corrected chi connectivity index (χ1v) is 9.52. The lowest BCUT2D eigenvalue weighted by Gasteiger charge is -2.10. The van der Waals surface area contributed by atoms with E-state index in [0.29, 0.717) is 10.9 Å². The van der Waals surface area contributed by atoms with Crippen LogP contribution in [-0.4, -0.2) is 21.4 Å². The highest BCUT2D eigenvalue weighted by Gasteiger charge is 2.09. The molecule has 1 heterocycles. The van der Waals surface area contributed by atoms with E-state index in [-0.39, 0.29) is 5.69 Å². The molecule has 0 aliphatic rings. The molecule has 0 fully saturated rings. The number of anilines is 1. The predicted octanol–water partition coefficient (Wildman–Crippen LogP) is 5.04. The van der Waals surface area contributed by atoms with Crippen molar-refractivity contribution in [1.29, 1.82) is 0 Å². The highest BCUT2D eigenvalue weighted by molar-refractivity contribution is 7.98. The second-order valence-corrected chi connectivity index (χ2v) is 6.81. The maximum absolute atomic E-state index is 10.7. The van der Waals surface area contributed by atoms with E-state index < -0.39 is 4.92 Å². The van der Waals surface area contributed by atoms with Gasteiger partial charge in [0, 0.05) is 29.8 Å². The van der Waals surface area contributed by atoms with Crippen LogP contribution in [0.2, 0.25) is 0 Å². The van der Waals surface area contributed by atoms with Crippen LogP contribution in [0.25, 0.3) is 10.9 Å². The van der Waals surface area contributed by atoms with E-state index in [0.717, 1.165) is 41.7 Å². The Morgan fingerprint density at radius 2 is 1.88 bits per heavy atom. The molecule has 0 bridgehead atoms. The summed E-state index contributed by atoms with van der Waals surface area (Å²) in [6, 6.07) is 14.5. The third-order valence-corrected chi connectivity index (χ3v) is 4.84. The van der Waals surface area contributed by atoms with Crippen LogP contribution in [0.4, 0.5) is 11.5 Å². The number of thioether (sulfide) groups is 1. The van der Waals surface area contributed by atoms with Crippen LogP contribution in [0.3, 0.4) is 0 Å². The number of hydrogen-bond donors (Lipinski definition) is 1. The van der Waals surface area contributed by atoms with Crippen LogP contribution in [0.5, 0.6) is 0 Å². The minimum atomic E-state index is -0.391. The van der Waals surface area contributed by atoms with Crippen molar-refractivity contribution in [1.82, 2.24) is 9.97 Å². The molecule has 6 nitrogen and oxygen atoms in total. The first kappa shape index (κ1) is 18.1. The van der Waals surface area contributed by atoms with Gasteiger partial charge in [0.25, 0.3) is 5.69 Å². The molecule has 0 aliphatic carbocycles. The van der Waals surface area contributed by atoms with Crippen molar-refractivity contribution in [2.75, 3.05) is 11.9 Å². The average Bonchev–Trinajstić information content (AvgIpc) is 2.67. The van der Waals surface area contributed by atoms with Crippen molar-refractivity contribution in [3.63, 3.8) is 0 Å². The average molecular weight is 368 g/mol. The lowest BCUT2D eigenvalue weighted by molar-refractivity contribution is -0.384. The molecule has 0 saturated carbocycles. The molecule has 0 unspecified atom stereocenters. The van der Waals surface area contributed by atoms with Gasteiger partial charge in [-0.1, -0.05) is 49.4 Å². The number of nitrogens with one attached hydrogen (secondary N) is 1. The van der Waals surface area contributed by atoms with Gasteiger partial charge in [0.05, 0.1) is 10.4 Å². The number of para-hydroxylation sites is 1. The van der Waals surface area contributed by atoms with Crippen molar-refractivity contribution in [2.45, 2.75) is 30.7 Å². The van der Waals surface area contributed by atoms with Gasteiger partial charge in [-0.2, -0.15) is 0 Å². The zero-order chi connectivity index (χ0) is 18.4. The lowest BCUT2D eigenvalue weighted by atomic mass is 10.2. The summed E-state index contributed by atoms with van der Waals surface area (Å²) in [4.78, 5) is 19.6. The Kier molecular flexibility index (Phi) is 6.01. The van der Waals surface area contributed by atoms with Gasteiger partial charge in [0.1, 0.15) is 5.82 Å². The Morgan fingerprint density at radius 1 is 1.12 bits per heavy atom. The Morgan fingerprint density at radius 3 is 2.62 bits per heavy atom. The Balaban J connectivity index is 1.77. The molecule has 0 aliphatic heterocycles. The Labute approximate surface area is 156 Å². The number of nitro groups is 1. The molecule has 0 saturated heterocycles. The van der Waals surface area contributed by atoms with Crippen LogP contribution in [0.1, 0.15) is 25.3 Å². The summed E-state index contributed by atoms with van der Waals surface area (Å²) in [7, 11) is 0. The fraction of sp³-hybridized carbons (Fsp3) is 0.263. The zero-order valence-corrected chi connectivity index (χ0v) is 15.3. The van der Waals surface area contributed by atoms with Crippen molar-refractivity contribution in [2.24, 2.45) is 0 Å². The van der Waals surface area contributed by atoms with E-state index in [1.807, 2.05) is 24.3 Å². The van der Waals surface area contributed by atoms with E-state index in [2.05, 4.69) is 22.2 Å². The number of hydrogen-bond acceptors (Lipinski definition) is 6. The van der Waals surface area contributed by atoms with Crippen LogP contribution in [0.15, 0.2) is 53.7 Å². The summed E-state index contributed by atoms with van der Waals surface area (Å²) >= 11 is 1.52. The number of benzene rings is 2. The summed E-state index contributed by atoms with van der Waals surface area (Å²) in [5, 5.41) is 15.9. The first-order chi connectivity index (χ1) is 12.7. The first-order valence-electron chi connectivity index (χ1n) is 8.54. The van der Waals surface area contributed by atoms with Crippen molar-refractivity contribution >= 4 is 34.2 Å². The second-order valence-electron chi connectivity index (χ2n) is 5.86. The molecule has 0 radical (unpaired) electrons. The summed E-state index contributed by atoms with van der Waals surface area (Å²) in [5.41, 5.74) is 2.01. The minimum Gasteiger partial charge on any atom is -0.369 e. The predicted molar refractivity (Wildman–Crippen MR) is 106 cm³/mol. The van der Waals surface area contributed by atoms with E-state index in [1.54, 1.807) is 12.1 Å². The van der Waals surface area contributed by atoms with E-state index >= 15 is 0 Å². The molecule has 26 heavy (non-hydrogen) atoms. The molecule has 1 aromatic heterocycles. The Bertz CT molecular complexity index is 900. The standard InChI is InChI=1S/C19H20N4O2S/c1-2-3-12-20-18-16-6-4-5-7-17(16)21-19(22-18)26-13-14-8-10-15(11-9-14)23(24)25/h4-11H,2-3,12-13H2,1H3,(H,20,21,22). The molecule has 3 rings (SSSR count). The monoisotopic (exact) mass is 368 g/mol. The van der Waals surface area contributed by atoms with Crippen LogP contribution in [-0.2, 0) is 5.75 Å². The van der Waals surface area contributed by atoms with Gasteiger partial charge < -0.3 is 5.32 Å².